The molecular weight excluding hydrogens is 443 g/mol. The van der Waals surface area contributed by atoms with Gasteiger partial charge in [-0.3, -0.25) is 9.59 Å². The van der Waals surface area contributed by atoms with Gasteiger partial charge in [0.2, 0.25) is 11.8 Å². The molecule has 0 aliphatic rings. The summed E-state index contributed by atoms with van der Waals surface area (Å²) in [5.74, 6) is -0.351. The molecule has 3 aromatic rings. The Balaban J connectivity index is 1.94. The van der Waals surface area contributed by atoms with Crippen LogP contribution in [0.5, 0.6) is 0 Å². The summed E-state index contributed by atoms with van der Waals surface area (Å²) in [7, 11) is 1.59. The number of likely N-dealkylation sites (N-methyl/N-ethyl adjacent to an activating group) is 1. The lowest BCUT2D eigenvalue weighted by Crippen LogP contribution is -2.50. The molecule has 0 heterocycles. The molecule has 166 valence electrons. The van der Waals surface area contributed by atoms with Gasteiger partial charge in [-0.05, 0) is 35.7 Å². The highest BCUT2D eigenvalue weighted by molar-refractivity contribution is 6.42. The lowest BCUT2D eigenvalue weighted by Gasteiger charge is -2.31. The summed E-state index contributed by atoms with van der Waals surface area (Å²) >= 11 is 12.3. The van der Waals surface area contributed by atoms with E-state index < -0.39 is 6.04 Å². The summed E-state index contributed by atoms with van der Waals surface area (Å²) in [5, 5.41) is 3.57. The van der Waals surface area contributed by atoms with Gasteiger partial charge in [-0.15, -0.1) is 0 Å². The summed E-state index contributed by atoms with van der Waals surface area (Å²) in [6.45, 7) is 2.25. The molecule has 0 aromatic heterocycles. The number of nitrogens with one attached hydrogen (secondary N) is 1. The number of hydrogen-bond acceptors (Lipinski definition) is 2. The Labute approximate surface area is 199 Å². The summed E-state index contributed by atoms with van der Waals surface area (Å²) in [5.41, 5.74) is 3.80. The molecule has 0 saturated heterocycles. The van der Waals surface area contributed by atoms with Crippen molar-refractivity contribution in [3.05, 3.63) is 105 Å². The highest BCUT2D eigenvalue weighted by atomic mass is 35.5. The molecule has 1 atom stereocenters. The second-order valence-corrected chi connectivity index (χ2v) is 8.57. The molecule has 0 bridgehead atoms. The number of carbonyl (C=O) groups excluding carboxylic acids is 2. The zero-order chi connectivity index (χ0) is 23.1. The standard InChI is InChI=1S/C26H26Cl2N2O2/c1-18-8-10-20(11-9-18)16-25(31)30(17-21-12-13-22(27)23(28)14-21)24(26(32)29-2)15-19-6-4-3-5-7-19/h3-14,24H,15-17H2,1-2H3,(H,29,32)/t24-/m1/s1. The lowest BCUT2D eigenvalue weighted by molar-refractivity contribution is -0.140. The Kier molecular flexibility index (Phi) is 8.32. The number of halogens is 2. The zero-order valence-electron chi connectivity index (χ0n) is 18.1. The van der Waals surface area contributed by atoms with E-state index in [2.05, 4.69) is 5.32 Å². The number of carbonyl (C=O) groups is 2. The summed E-state index contributed by atoms with van der Waals surface area (Å²) in [6, 6.07) is 22.1. The van der Waals surface area contributed by atoms with E-state index in [1.54, 1.807) is 24.1 Å². The van der Waals surface area contributed by atoms with Gasteiger partial charge in [0.25, 0.3) is 0 Å². The number of aryl methyl sites for hydroxylation is 1. The fourth-order valence-electron chi connectivity index (χ4n) is 3.54. The first-order valence-corrected chi connectivity index (χ1v) is 11.2. The van der Waals surface area contributed by atoms with Crippen molar-refractivity contribution in [2.45, 2.75) is 32.4 Å². The maximum Gasteiger partial charge on any atom is 0.242 e. The molecule has 1 N–H and O–H groups in total. The Hall–Kier alpha value is -2.82. The fourth-order valence-corrected chi connectivity index (χ4v) is 3.86. The number of benzene rings is 3. The van der Waals surface area contributed by atoms with Crippen LogP contribution in [0.3, 0.4) is 0 Å². The molecule has 3 rings (SSSR count). The van der Waals surface area contributed by atoms with Gasteiger partial charge in [0.05, 0.1) is 16.5 Å². The van der Waals surface area contributed by atoms with E-state index in [0.29, 0.717) is 16.5 Å². The monoisotopic (exact) mass is 468 g/mol. The third-order valence-electron chi connectivity index (χ3n) is 5.33. The first-order valence-electron chi connectivity index (χ1n) is 10.4. The Morgan fingerprint density at radius 2 is 1.53 bits per heavy atom. The van der Waals surface area contributed by atoms with E-state index in [1.165, 1.54) is 0 Å². The maximum absolute atomic E-state index is 13.5. The Morgan fingerprint density at radius 1 is 0.875 bits per heavy atom. The predicted octanol–water partition coefficient (Wildman–Crippen LogP) is 5.23. The van der Waals surface area contributed by atoms with Crippen molar-refractivity contribution in [1.29, 1.82) is 0 Å². The topological polar surface area (TPSA) is 49.4 Å². The number of amides is 2. The fraction of sp³-hybridized carbons (Fsp3) is 0.231. The molecule has 0 spiro atoms. The van der Waals surface area contributed by atoms with Crippen molar-refractivity contribution in [2.24, 2.45) is 0 Å². The van der Waals surface area contributed by atoms with Crippen LogP contribution in [0.1, 0.15) is 22.3 Å². The number of hydrogen-bond donors (Lipinski definition) is 1. The average Bonchev–Trinajstić information content (AvgIpc) is 2.80. The van der Waals surface area contributed by atoms with Crippen LogP contribution < -0.4 is 5.32 Å². The Bertz CT molecular complexity index is 1070. The first-order chi connectivity index (χ1) is 15.4. The van der Waals surface area contributed by atoms with Crippen molar-refractivity contribution in [3.8, 4) is 0 Å². The van der Waals surface area contributed by atoms with E-state index in [4.69, 9.17) is 23.2 Å². The van der Waals surface area contributed by atoms with Gasteiger partial charge in [0.15, 0.2) is 0 Å². The normalized spacial score (nSPS) is 11.6. The number of rotatable bonds is 8. The van der Waals surface area contributed by atoms with Crippen molar-refractivity contribution in [3.63, 3.8) is 0 Å². The van der Waals surface area contributed by atoms with Crippen LogP contribution in [0, 0.1) is 6.92 Å². The molecule has 6 heteroatoms. The van der Waals surface area contributed by atoms with Gasteiger partial charge in [-0.25, -0.2) is 0 Å². The first kappa shape index (κ1) is 23.8. The van der Waals surface area contributed by atoms with E-state index in [-0.39, 0.29) is 24.8 Å². The molecule has 0 unspecified atom stereocenters. The third-order valence-corrected chi connectivity index (χ3v) is 6.07. The zero-order valence-corrected chi connectivity index (χ0v) is 19.7. The largest absolute Gasteiger partial charge is 0.357 e. The van der Waals surface area contributed by atoms with Crippen LogP contribution >= 0.6 is 23.2 Å². The molecule has 0 saturated carbocycles. The minimum absolute atomic E-state index is 0.135. The van der Waals surface area contributed by atoms with Gasteiger partial charge in [0, 0.05) is 20.0 Å². The molecule has 0 aliphatic carbocycles. The minimum Gasteiger partial charge on any atom is -0.357 e. The van der Waals surface area contributed by atoms with E-state index in [1.807, 2.05) is 67.6 Å². The summed E-state index contributed by atoms with van der Waals surface area (Å²) in [4.78, 5) is 28.0. The second kappa shape index (κ2) is 11.2. The smallest absolute Gasteiger partial charge is 0.242 e. The average molecular weight is 469 g/mol. The van der Waals surface area contributed by atoms with E-state index in [9.17, 15) is 9.59 Å². The molecule has 0 fully saturated rings. The molecule has 4 nitrogen and oxygen atoms in total. The molecule has 0 radical (unpaired) electrons. The number of nitrogens with zero attached hydrogens (tertiary/aromatic N) is 1. The van der Waals surface area contributed by atoms with Crippen LogP contribution in [-0.4, -0.2) is 29.8 Å². The minimum atomic E-state index is -0.671. The highest BCUT2D eigenvalue weighted by Gasteiger charge is 2.30. The molecular formula is C26H26Cl2N2O2. The van der Waals surface area contributed by atoms with Crippen LogP contribution in [-0.2, 0) is 29.0 Å². The van der Waals surface area contributed by atoms with Gasteiger partial charge >= 0.3 is 0 Å². The van der Waals surface area contributed by atoms with E-state index in [0.717, 1.165) is 22.3 Å². The lowest BCUT2D eigenvalue weighted by atomic mass is 10.0. The van der Waals surface area contributed by atoms with Gasteiger partial charge in [0.1, 0.15) is 6.04 Å². The van der Waals surface area contributed by atoms with Crippen LogP contribution in [0.4, 0.5) is 0 Å². The van der Waals surface area contributed by atoms with Gasteiger partial charge in [-0.1, -0.05) is 89.4 Å². The van der Waals surface area contributed by atoms with Crippen molar-refractivity contribution >= 4 is 35.0 Å². The van der Waals surface area contributed by atoms with Crippen molar-refractivity contribution in [1.82, 2.24) is 10.2 Å². The summed E-state index contributed by atoms with van der Waals surface area (Å²) in [6.07, 6.45) is 0.603. The SMILES string of the molecule is CNC(=O)[C@@H](Cc1ccccc1)N(Cc1ccc(Cl)c(Cl)c1)C(=O)Cc1ccc(C)cc1. The third kappa shape index (κ3) is 6.35. The van der Waals surface area contributed by atoms with Crippen LogP contribution in [0.25, 0.3) is 0 Å². The Morgan fingerprint density at radius 3 is 2.16 bits per heavy atom. The molecule has 32 heavy (non-hydrogen) atoms. The second-order valence-electron chi connectivity index (χ2n) is 7.75. The highest BCUT2D eigenvalue weighted by Crippen LogP contribution is 2.24. The van der Waals surface area contributed by atoms with Crippen LogP contribution in [0.15, 0.2) is 72.8 Å². The summed E-state index contributed by atoms with van der Waals surface area (Å²) < 4.78 is 0. The quantitative estimate of drug-likeness (QED) is 0.491. The molecule has 3 aromatic carbocycles. The van der Waals surface area contributed by atoms with Crippen LogP contribution in [0.2, 0.25) is 10.0 Å². The van der Waals surface area contributed by atoms with Crippen molar-refractivity contribution in [2.75, 3.05) is 7.05 Å². The maximum atomic E-state index is 13.5. The predicted molar refractivity (Wildman–Crippen MR) is 130 cm³/mol. The van der Waals surface area contributed by atoms with E-state index >= 15 is 0 Å². The van der Waals surface area contributed by atoms with Gasteiger partial charge < -0.3 is 10.2 Å². The molecule has 0 aliphatic heterocycles. The van der Waals surface area contributed by atoms with Gasteiger partial charge in [-0.2, -0.15) is 0 Å². The molecule has 2 amide bonds. The van der Waals surface area contributed by atoms with Crippen molar-refractivity contribution < 1.29 is 9.59 Å².